The Labute approximate surface area is 181 Å². The predicted octanol–water partition coefficient (Wildman–Crippen LogP) is 6.43. The lowest BCUT2D eigenvalue weighted by molar-refractivity contribution is 0.293. The molecule has 0 bridgehead atoms. The van der Waals surface area contributed by atoms with Crippen molar-refractivity contribution in [1.82, 2.24) is 4.57 Å². The van der Waals surface area contributed by atoms with Crippen LogP contribution in [0.1, 0.15) is 85.0 Å². The Bertz CT molecular complexity index is 828. The molecule has 30 heavy (non-hydrogen) atoms. The van der Waals surface area contributed by atoms with Gasteiger partial charge in [-0.3, -0.25) is 4.79 Å². The molecule has 2 aromatic rings. The maximum Gasteiger partial charge on any atom is 0.297 e. The maximum absolute atomic E-state index is 12.8. The molecule has 168 valence electrons. The van der Waals surface area contributed by atoms with Gasteiger partial charge in [-0.25, -0.2) is 0 Å². The van der Waals surface area contributed by atoms with E-state index in [-0.39, 0.29) is 5.75 Å². The molecule has 0 saturated carbocycles. The summed E-state index contributed by atoms with van der Waals surface area (Å²) in [6.45, 7) is 8.11. The van der Waals surface area contributed by atoms with Crippen molar-refractivity contribution in [2.45, 2.75) is 91.5 Å². The number of aromatic nitrogens is 1. The van der Waals surface area contributed by atoms with Crippen LogP contribution in [0.2, 0.25) is 0 Å². The molecule has 5 heteroatoms. The summed E-state index contributed by atoms with van der Waals surface area (Å²) in [7, 11) is 0. The lowest BCUT2D eigenvalue weighted by atomic mass is 10.1. The number of benzene rings is 1. The average Bonchev–Trinajstić information content (AvgIpc) is 2.75. The fourth-order valence-electron chi connectivity index (χ4n) is 3.55. The summed E-state index contributed by atoms with van der Waals surface area (Å²) in [5.41, 5.74) is 0.369. The number of hydrogen-bond donors (Lipinski definition) is 1. The number of pyridine rings is 1. The van der Waals surface area contributed by atoms with Gasteiger partial charge in [-0.1, -0.05) is 65.7 Å². The van der Waals surface area contributed by atoms with Crippen LogP contribution in [0.3, 0.4) is 0 Å². The Morgan fingerprint density at radius 3 is 2.23 bits per heavy atom. The van der Waals surface area contributed by atoms with Crippen LogP contribution in [0, 0.1) is 0 Å². The standard InChI is InChI=1S/C25H39NO4/c1-4-7-10-11-12-13-18-29-20-14-15-21-22(19-20)26(16-8-5-2)25(28)23(27)24(21)30-17-9-6-3/h14-15,19,27H,4-13,16-18H2,1-3H3. The molecule has 0 radical (unpaired) electrons. The summed E-state index contributed by atoms with van der Waals surface area (Å²) >= 11 is 0. The summed E-state index contributed by atoms with van der Waals surface area (Å²) in [6, 6.07) is 5.71. The van der Waals surface area contributed by atoms with Crippen LogP contribution in [-0.4, -0.2) is 22.9 Å². The number of ether oxygens (including phenoxy) is 2. The van der Waals surface area contributed by atoms with E-state index < -0.39 is 5.56 Å². The van der Waals surface area contributed by atoms with Crippen LogP contribution in [0.25, 0.3) is 10.9 Å². The van der Waals surface area contributed by atoms with Crippen LogP contribution in [-0.2, 0) is 6.54 Å². The van der Waals surface area contributed by atoms with E-state index in [1.807, 2.05) is 18.2 Å². The van der Waals surface area contributed by atoms with Crippen molar-refractivity contribution in [3.05, 3.63) is 28.6 Å². The Morgan fingerprint density at radius 2 is 1.50 bits per heavy atom. The van der Waals surface area contributed by atoms with Gasteiger partial charge in [0.05, 0.1) is 18.7 Å². The zero-order chi connectivity index (χ0) is 21.8. The third-order valence-electron chi connectivity index (χ3n) is 5.41. The SMILES string of the molecule is CCCCCCCCOc1ccc2c(OCCCC)c(O)c(=O)n(CCCC)c2c1. The number of unbranched alkanes of at least 4 members (excludes halogenated alkanes) is 7. The minimum absolute atomic E-state index is 0.290. The van der Waals surface area contributed by atoms with Crippen molar-refractivity contribution in [1.29, 1.82) is 0 Å². The van der Waals surface area contributed by atoms with Crippen LogP contribution < -0.4 is 15.0 Å². The van der Waals surface area contributed by atoms with Crippen molar-refractivity contribution >= 4 is 10.9 Å². The van der Waals surface area contributed by atoms with Gasteiger partial charge in [0.1, 0.15) is 5.75 Å². The quantitative estimate of drug-likeness (QED) is 0.339. The summed E-state index contributed by atoms with van der Waals surface area (Å²) in [6.07, 6.45) is 11.0. The largest absolute Gasteiger partial charge is 0.500 e. The van der Waals surface area contributed by atoms with Crippen LogP contribution in [0.5, 0.6) is 17.2 Å². The van der Waals surface area contributed by atoms with Gasteiger partial charge in [-0.15, -0.1) is 0 Å². The Balaban J connectivity index is 2.22. The Hall–Kier alpha value is -2.17. The van der Waals surface area contributed by atoms with E-state index in [1.165, 1.54) is 32.1 Å². The average molecular weight is 418 g/mol. The number of rotatable bonds is 15. The van der Waals surface area contributed by atoms with Gasteiger partial charge in [-0.05, 0) is 31.4 Å². The topological polar surface area (TPSA) is 60.7 Å². The third kappa shape index (κ3) is 6.68. The predicted molar refractivity (Wildman–Crippen MR) is 124 cm³/mol. The van der Waals surface area contributed by atoms with E-state index in [2.05, 4.69) is 20.8 Å². The molecule has 1 N–H and O–H groups in total. The second-order valence-electron chi connectivity index (χ2n) is 7.99. The Morgan fingerprint density at radius 1 is 0.833 bits per heavy atom. The molecule has 0 aliphatic heterocycles. The minimum atomic E-state index is -0.393. The van der Waals surface area contributed by atoms with Crippen molar-refractivity contribution in [2.75, 3.05) is 13.2 Å². The number of fused-ring (bicyclic) bond motifs is 1. The first-order valence-electron chi connectivity index (χ1n) is 11.8. The highest BCUT2D eigenvalue weighted by Gasteiger charge is 2.18. The van der Waals surface area contributed by atoms with E-state index in [0.29, 0.717) is 25.5 Å². The molecule has 0 fully saturated rings. The molecule has 0 aliphatic carbocycles. The van der Waals surface area contributed by atoms with Crippen molar-refractivity contribution in [3.63, 3.8) is 0 Å². The van der Waals surface area contributed by atoms with Gasteiger partial charge in [-0.2, -0.15) is 0 Å². The van der Waals surface area contributed by atoms with Gasteiger partial charge in [0.25, 0.3) is 5.56 Å². The highest BCUT2D eigenvalue weighted by atomic mass is 16.5. The van der Waals surface area contributed by atoms with Gasteiger partial charge >= 0.3 is 0 Å². The first kappa shape index (κ1) is 24.1. The van der Waals surface area contributed by atoms with Gasteiger partial charge in [0, 0.05) is 18.0 Å². The summed E-state index contributed by atoms with van der Waals surface area (Å²) in [4.78, 5) is 12.8. The normalized spacial score (nSPS) is 11.2. The molecule has 0 amide bonds. The Kier molecular flexibility index (Phi) is 10.6. The lowest BCUT2D eigenvalue weighted by Crippen LogP contribution is -2.21. The first-order valence-corrected chi connectivity index (χ1v) is 11.8. The van der Waals surface area contributed by atoms with E-state index >= 15 is 0 Å². The van der Waals surface area contributed by atoms with E-state index in [1.54, 1.807) is 4.57 Å². The first-order chi connectivity index (χ1) is 14.6. The molecular formula is C25H39NO4. The summed E-state index contributed by atoms with van der Waals surface area (Å²) in [5, 5.41) is 11.3. The molecule has 0 spiro atoms. The molecule has 5 nitrogen and oxygen atoms in total. The highest BCUT2D eigenvalue weighted by molar-refractivity contribution is 5.88. The molecule has 1 heterocycles. The smallest absolute Gasteiger partial charge is 0.297 e. The zero-order valence-electron chi connectivity index (χ0n) is 19.0. The maximum atomic E-state index is 12.8. The van der Waals surface area contributed by atoms with Gasteiger partial charge < -0.3 is 19.1 Å². The summed E-state index contributed by atoms with van der Waals surface area (Å²) < 4.78 is 13.4. The van der Waals surface area contributed by atoms with Crippen LogP contribution in [0.4, 0.5) is 0 Å². The lowest BCUT2D eigenvalue weighted by Gasteiger charge is -2.17. The number of nitrogens with zero attached hydrogens (tertiary/aromatic N) is 1. The molecular weight excluding hydrogens is 378 g/mol. The van der Waals surface area contributed by atoms with Crippen LogP contribution >= 0.6 is 0 Å². The van der Waals surface area contributed by atoms with Crippen molar-refractivity contribution < 1.29 is 14.6 Å². The fourth-order valence-corrected chi connectivity index (χ4v) is 3.55. The van der Waals surface area contributed by atoms with Crippen LogP contribution in [0.15, 0.2) is 23.0 Å². The second-order valence-corrected chi connectivity index (χ2v) is 7.99. The minimum Gasteiger partial charge on any atom is -0.500 e. The number of aryl methyl sites for hydroxylation is 1. The molecule has 1 aromatic carbocycles. The molecule has 0 unspecified atom stereocenters. The monoisotopic (exact) mass is 417 g/mol. The summed E-state index contributed by atoms with van der Waals surface area (Å²) in [5.74, 6) is 0.750. The molecule has 0 aliphatic rings. The zero-order valence-corrected chi connectivity index (χ0v) is 19.0. The molecule has 0 atom stereocenters. The fraction of sp³-hybridized carbons (Fsp3) is 0.640. The van der Waals surface area contributed by atoms with E-state index in [9.17, 15) is 9.90 Å². The highest BCUT2D eigenvalue weighted by Crippen LogP contribution is 2.34. The van der Waals surface area contributed by atoms with Crippen molar-refractivity contribution in [2.24, 2.45) is 0 Å². The van der Waals surface area contributed by atoms with E-state index in [0.717, 1.165) is 48.8 Å². The van der Waals surface area contributed by atoms with Crippen molar-refractivity contribution in [3.8, 4) is 17.2 Å². The molecule has 0 saturated heterocycles. The number of hydrogen-bond acceptors (Lipinski definition) is 4. The number of aromatic hydroxyl groups is 1. The van der Waals surface area contributed by atoms with E-state index in [4.69, 9.17) is 9.47 Å². The van der Waals surface area contributed by atoms with Gasteiger partial charge in [0.2, 0.25) is 5.75 Å². The molecule has 2 rings (SSSR count). The second kappa shape index (κ2) is 13.2. The third-order valence-corrected chi connectivity index (χ3v) is 5.41. The molecule has 1 aromatic heterocycles. The van der Waals surface area contributed by atoms with Gasteiger partial charge in [0.15, 0.2) is 5.75 Å².